The summed E-state index contributed by atoms with van der Waals surface area (Å²) >= 11 is 6.07. The van der Waals surface area contributed by atoms with Crippen molar-refractivity contribution in [1.82, 2.24) is 0 Å². The van der Waals surface area contributed by atoms with Crippen LogP contribution in [-0.2, 0) is 0 Å². The monoisotopic (exact) mass is 236 g/mol. The molecule has 0 aliphatic heterocycles. The second-order valence-corrected chi connectivity index (χ2v) is 4.58. The molecule has 1 aliphatic rings. The third-order valence-corrected chi connectivity index (χ3v) is 3.20. The Morgan fingerprint density at radius 3 is 2.94 bits per heavy atom. The molecule has 1 aromatic rings. The third kappa shape index (κ3) is 2.92. The maximum Gasteiger partial charge on any atom is 0.0657 e. The van der Waals surface area contributed by atoms with Gasteiger partial charge in [0, 0.05) is 12.2 Å². The van der Waals surface area contributed by atoms with Crippen molar-refractivity contribution in [2.24, 2.45) is 0 Å². The Balaban J connectivity index is 1.84. The van der Waals surface area contributed by atoms with Crippen LogP contribution in [0.5, 0.6) is 0 Å². The summed E-state index contributed by atoms with van der Waals surface area (Å²) in [7, 11) is 0. The number of nitrogens with two attached hydrogens (primary N) is 1. The first-order valence-electron chi connectivity index (χ1n) is 5.72. The summed E-state index contributed by atoms with van der Waals surface area (Å²) in [6, 6.07) is 5.57. The highest BCUT2D eigenvalue weighted by molar-refractivity contribution is 6.33. The Labute approximate surface area is 101 Å². The quantitative estimate of drug-likeness (QED) is 0.616. The SMILES string of the molecule is Nc1ccc(NCCC2=CCCC2)c(Cl)c1. The lowest BCUT2D eigenvalue weighted by atomic mass is 10.1. The highest BCUT2D eigenvalue weighted by Gasteiger charge is 2.04. The Morgan fingerprint density at radius 1 is 1.38 bits per heavy atom. The van der Waals surface area contributed by atoms with Gasteiger partial charge in [0.05, 0.1) is 10.7 Å². The predicted molar refractivity (Wildman–Crippen MR) is 70.9 cm³/mol. The second kappa shape index (κ2) is 5.26. The molecule has 0 aromatic heterocycles. The summed E-state index contributed by atoms with van der Waals surface area (Å²) in [6.07, 6.45) is 7.29. The molecule has 0 unspecified atom stereocenters. The lowest BCUT2D eigenvalue weighted by Crippen LogP contribution is -2.03. The number of benzene rings is 1. The standard InChI is InChI=1S/C13H17ClN2/c14-12-9-11(15)5-6-13(12)16-8-7-10-3-1-2-4-10/h3,5-6,9,16H,1-2,4,7-8,15H2. The van der Waals surface area contributed by atoms with Crippen molar-refractivity contribution in [2.45, 2.75) is 25.7 Å². The second-order valence-electron chi connectivity index (χ2n) is 4.17. The van der Waals surface area contributed by atoms with Crippen LogP contribution in [0.4, 0.5) is 11.4 Å². The zero-order valence-electron chi connectivity index (χ0n) is 9.30. The van der Waals surface area contributed by atoms with E-state index in [1.165, 1.54) is 19.3 Å². The van der Waals surface area contributed by atoms with E-state index < -0.39 is 0 Å². The molecule has 0 amide bonds. The molecule has 0 bridgehead atoms. The molecular formula is C13H17ClN2. The molecule has 0 heterocycles. The molecule has 3 N–H and O–H groups in total. The fraction of sp³-hybridized carbons (Fsp3) is 0.385. The molecule has 2 rings (SSSR count). The van der Waals surface area contributed by atoms with Crippen molar-refractivity contribution in [2.75, 3.05) is 17.6 Å². The Morgan fingerprint density at radius 2 is 2.25 bits per heavy atom. The molecule has 2 nitrogen and oxygen atoms in total. The number of nitrogen functional groups attached to an aromatic ring is 1. The maximum atomic E-state index is 6.07. The van der Waals surface area contributed by atoms with E-state index in [0.717, 1.165) is 18.7 Å². The third-order valence-electron chi connectivity index (χ3n) is 2.89. The minimum Gasteiger partial charge on any atom is -0.399 e. The van der Waals surface area contributed by atoms with Crippen LogP contribution in [-0.4, -0.2) is 6.54 Å². The Bertz CT molecular complexity index is 399. The highest BCUT2D eigenvalue weighted by Crippen LogP contribution is 2.25. The molecule has 1 aromatic carbocycles. The topological polar surface area (TPSA) is 38.0 Å². The van der Waals surface area contributed by atoms with Crippen LogP contribution in [0, 0.1) is 0 Å². The van der Waals surface area contributed by atoms with Gasteiger partial charge in [0.1, 0.15) is 0 Å². The van der Waals surface area contributed by atoms with Crippen molar-refractivity contribution in [1.29, 1.82) is 0 Å². The van der Waals surface area contributed by atoms with Gasteiger partial charge in [-0.25, -0.2) is 0 Å². The average molecular weight is 237 g/mol. The maximum absolute atomic E-state index is 6.07. The van der Waals surface area contributed by atoms with Crippen molar-refractivity contribution in [3.63, 3.8) is 0 Å². The van der Waals surface area contributed by atoms with Crippen molar-refractivity contribution >= 4 is 23.0 Å². The van der Waals surface area contributed by atoms with Gasteiger partial charge in [-0.15, -0.1) is 0 Å². The summed E-state index contributed by atoms with van der Waals surface area (Å²) in [4.78, 5) is 0. The fourth-order valence-electron chi connectivity index (χ4n) is 2.00. The number of hydrogen-bond acceptors (Lipinski definition) is 2. The average Bonchev–Trinajstić information content (AvgIpc) is 2.74. The first-order chi connectivity index (χ1) is 7.75. The van der Waals surface area contributed by atoms with Gasteiger partial charge in [-0.05, 0) is 43.9 Å². The van der Waals surface area contributed by atoms with Gasteiger partial charge < -0.3 is 11.1 Å². The Hall–Kier alpha value is -1.15. The Kier molecular flexibility index (Phi) is 3.73. The van der Waals surface area contributed by atoms with Gasteiger partial charge in [-0.2, -0.15) is 0 Å². The van der Waals surface area contributed by atoms with Crippen LogP contribution in [0.25, 0.3) is 0 Å². The van der Waals surface area contributed by atoms with Crippen LogP contribution >= 0.6 is 11.6 Å². The number of rotatable bonds is 4. The fourth-order valence-corrected chi connectivity index (χ4v) is 2.25. The van der Waals surface area contributed by atoms with Crippen LogP contribution in [0.2, 0.25) is 5.02 Å². The number of hydrogen-bond donors (Lipinski definition) is 2. The van der Waals surface area contributed by atoms with E-state index in [1.54, 1.807) is 11.6 Å². The van der Waals surface area contributed by atoms with Crippen LogP contribution in [0.1, 0.15) is 25.7 Å². The molecule has 1 aliphatic carbocycles. The van der Waals surface area contributed by atoms with Gasteiger partial charge in [-0.1, -0.05) is 23.3 Å². The summed E-state index contributed by atoms with van der Waals surface area (Å²) in [5.41, 5.74) is 8.87. The summed E-state index contributed by atoms with van der Waals surface area (Å²) in [6.45, 7) is 0.940. The molecule has 0 saturated heterocycles. The predicted octanol–water partition coefficient (Wildman–Crippen LogP) is 3.83. The molecule has 0 saturated carbocycles. The van der Waals surface area contributed by atoms with Crippen molar-refractivity contribution < 1.29 is 0 Å². The number of allylic oxidation sites excluding steroid dienone is 1. The van der Waals surface area contributed by atoms with Crippen LogP contribution in [0.15, 0.2) is 29.8 Å². The zero-order valence-corrected chi connectivity index (χ0v) is 10.1. The smallest absolute Gasteiger partial charge is 0.0657 e. The normalized spacial score (nSPS) is 14.9. The van der Waals surface area contributed by atoms with E-state index in [1.807, 2.05) is 12.1 Å². The van der Waals surface area contributed by atoms with Crippen LogP contribution < -0.4 is 11.1 Å². The van der Waals surface area contributed by atoms with Gasteiger partial charge in [0.15, 0.2) is 0 Å². The van der Waals surface area contributed by atoms with Crippen molar-refractivity contribution in [3.8, 4) is 0 Å². The van der Waals surface area contributed by atoms with Gasteiger partial charge in [0.2, 0.25) is 0 Å². The van der Waals surface area contributed by atoms with Gasteiger partial charge >= 0.3 is 0 Å². The molecule has 3 heteroatoms. The number of halogens is 1. The molecule has 0 spiro atoms. The minimum atomic E-state index is 0.695. The first-order valence-corrected chi connectivity index (χ1v) is 6.10. The molecular weight excluding hydrogens is 220 g/mol. The zero-order chi connectivity index (χ0) is 11.4. The van der Waals surface area contributed by atoms with E-state index >= 15 is 0 Å². The summed E-state index contributed by atoms with van der Waals surface area (Å²) < 4.78 is 0. The highest BCUT2D eigenvalue weighted by atomic mass is 35.5. The molecule has 0 radical (unpaired) electrons. The number of nitrogens with one attached hydrogen (secondary N) is 1. The van der Waals surface area contributed by atoms with Gasteiger partial charge in [0.25, 0.3) is 0 Å². The summed E-state index contributed by atoms with van der Waals surface area (Å²) in [5.74, 6) is 0. The van der Waals surface area contributed by atoms with E-state index in [4.69, 9.17) is 17.3 Å². The van der Waals surface area contributed by atoms with E-state index in [2.05, 4.69) is 11.4 Å². The summed E-state index contributed by atoms with van der Waals surface area (Å²) in [5, 5.41) is 4.03. The minimum absolute atomic E-state index is 0.695. The van der Waals surface area contributed by atoms with E-state index in [-0.39, 0.29) is 0 Å². The van der Waals surface area contributed by atoms with Crippen molar-refractivity contribution in [3.05, 3.63) is 34.9 Å². The molecule has 16 heavy (non-hydrogen) atoms. The number of anilines is 2. The van der Waals surface area contributed by atoms with Gasteiger partial charge in [-0.3, -0.25) is 0 Å². The molecule has 0 fully saturated rings. The van der Waals surface area contributed by atoms with Crippen LogP contribution in [0.3, 0.4) is 0 Å². The van der Waals surface area contributed by atoms with E-state index in [9.17, 15) is 0 Å². The largest absolute Gasteiger partial charge is 0.399 e. The molecule has 0 atom stereocenters. The first kappa shape index (κ1) is 11.3. The molecule has 86 valence electrons. The lowest BCUT2D eigenvalue weighted by molar-refractivity contribution is 0.863. The van der Waals surface area contributed by atoms with E-state index in [0.29, 0.717) is 10.7 Å². The lowest BCUT2D eigenvalue weighted by Gasteiger charge is -2.09.